The lowest BCUT2D eigenvalue weighted by Crippen LogP contribution is -2.02. The molecule has 0 spiro atoms. The van der Waals surface area contributed by atoms with Crippen molar-refractivity contribution in [3.63, 3.8) is 0 Å². The summed E-state index contributed by atoms with van der Waals surface area (Å²) in [6.07, 6.45) is 0. The summed E-state index contributed by atoms with van der Waals surface area (Å²) in [5.74, 6) is 1.78. The van der Waals surface area contributed by atoms with E-state index in [0.717, 1.165) is 88.4 Å². The fourth-order valence-electron chi connectivity index (χ4n) is 10.5. The summed E-state index contributed by atoms with van der Waals surface area (Å²) < 4.78 is 9.15. The van der Waals surface area contributed by atoms with E-state index in [1.54, 1.807) is 0 Å². The molecular formula is C65H40N4O. The third-order valence-corrected chi connectivity index (χ3v) is 13.8. The van der Waals surface area contributed by atoms with Gasteiger partial charge >= 0.3 is 0 Å². The zero-order valence-electron chi connectivity index (χ0n) is 37.8. The minimum atomic E-state index is 0.581. The Kier molecular flexibility index (Phi) is 9.14. The van der Waals surface area contributed by atoms with Gasteiger partial charge in [0.05, 0.1) is 16.7 Å². The third kappa shape index (κ3) is 6.59. The van der Waals surface area contributed by atoms with Gasteiger partial charge < -0.3 is 8.98 Å². The summed E-state index contributed by atoms with van der Waals surface area (Å²) in [5.41, 5.74) is 14.3. The van der Waals surface area contributed by atoms with Gasteiger partial charge in [0.1, 0.15) is 11.2 Å². The quantitative estimate of drug-likeness (QED) is 0.160. The Hall–Kier alpha value is -9.45. The zero-order chi connectivity index (χ0) is 46.1. The second kappa shape index (κ2) is 16.1. The topological polar surface area (TPSA) is 56.7 Å². The molecule has 3 heterocycles. The van der Waals surface area contributed by atoms with Gasteiger partial charge in [0.2, 0.25) is 0 Å². The zero-order valence-corrected chi connectivity index (χ0v) is 37.8. The first-order valence-electron chi connectivity index (χ1n) is 23.7. The number of benzene rings is 11. The molecule has 11 aromatic carbocycles. The highest BCUT2D eigenvalue weighted by Gasteiger charge is 2.23. The standard InChI is InChI=1S/C65H40N4O/c1-3-15-41(16-4-1)42-29-31-43(32-30-42)46-22-13-23-49(37-46)64-66-63(45-18-5-2-6-19-45)67-65(68-64)50-33-35-57(69-56-27-12-11-25-52(56)54-38-47-20-7-8-21-48(47)40-58(54)69)55(39-50)53-26-14-28-59-62(53)61-51-24-10-9-17-44(51)34-36-60(61)70-59/h1-40H. The fourth-order valence-corrected chi connectivity index (χ4v) is 10.5. The van der Waals surface area contributed by atoms with Crippen LogP contribution in [0.4, 0.5) is 0 Å². The van der Waals surface area contributed by atoms with Gasteiger partial charge in [-0.2, -0.15) is 0 Å². The van der Waals surface area contributed by atoms with E-state index in [1.165, 1.54) is 32.7 Å². The third-order valence-electron chi connectivity index (χ3n) is 13.8. The minimum absolute atomic E-state index is 0.581. The highest BCUT2D eigenvalue weighted by atomic mass is 16.3. The summed E-state index contributed by atoms with van der Waals surface area (Å²) in [7, 11) is 0. The molecule has 5 heteroatoms. The smallest absolute Gasteiger partial charge is 0.164 e. The van der Waals surface area contributed by atoms with E-state index in [4.69, 9.17) is 19.4 Å². The van der Waals surface area contributed by atoms with Gasteiger partial charge in [-0.25, -0.2) is 15.0 Å². The normalized spacial score (nSPS) is 11.7. The van der Waals surface area contributed by atoms with Gasteiger partial charge in [-0.05, 0) is 104 Å². The van der Waals surface area contributed by atoms with Crippen LogP contribution in [0, 0.1) is 0 Å². The highest BCUT2D eigenvalue weighted by Crippen LogP contribution is 2.45. The predicted octanol–water partition coefficient (Wildman–Crippen LogP) is 17.2. The highest BCUT2D eigenvalue weighted by molar-refractivity contribution is 6.23. The van der Waals surface area contributed by atoms with E-state index < -0.39 is 0 Å². The Balaban J connectivity index is 1.01. The lowest BCUT2D eigenvalue weighted by molar-refractivity contribution is 0.669. The number of para-hydroxylation sites is 1. The molecule has 70 heavy (non-hydrogen) atoms. The van der Waals surface area contributed by atoms with Gasteiger partial charge in [-0.1, -0.05) is 188 Å². The fraction of sp³-hybridized carbons (Fsp3) is 0. The van der Waals surface area contributed by atoms with Crippen LogP contribution >= 0.6 is 0 Å². The van der Waals surface area contributed by atoms with Crippen molar-refractivity contribution >= 4 is 65.3 Å². The summed E-state index contributed by atoms with van der Waals surface area (Å²) in [6.45, 7) is 0. The Morgan fingerprint density at radius 3 is 1.60 bits per heavy atom. The molecular weight excluding hydrogens is 853 g/mol. The number of aromatic nitrogens is 4. The van der Waals surface area contributed by atoms with Crippen molar-refractivity contribution in [3.8, 4) is 73.2 Å². The van der Waals surface area contributed by atoms with Gasteiger partial charge in [-0.15, -0.1) is 0 Å². The molecule has 326 valence electrons. The molecule has 0 aliphatic heterocycles. The van der Waals surface area contributed by atoms with Crippen molar-refractivity contribution in [2.75, 3.05) is 0 Å². The maximum atomic E-state index is 6.71. The average molecular weight is 893 g/mol. The molecule has 0 saturated heterocycles. The van der Waals surface area contributed by atoms with Crippen LogP contribution in [0.25, 0.3) is 139 Å². The van der Waals surface area contributed by atoms with Crippen molar-refractivity contribution in [1.29, 1.82) is 0 Å². The predicted molar refractivity (Wildman–Crippen MR) is 289 cm³/mol. The van der Waals surface area contributed by atoms with E-state index in [1.807, 2.05) is 24.3 Å². The number of hydrogen-bond acceptors (Lipinski definition) is 4. The van der Waals surface area contributed by atoms with Crippen LogP contribution in [0.1, 0.15) is 0 Å². The van der Waals surface area contributed by atoms with Gasteiger partial charge in [-0.3, -0.25) is 0 Å². The van der Waals surface area contributed by atoms with Crippen LogP contribution in [-0.2, 0) is 0 Å². The molecule has 0 fully saturated rings. The largest absolute Gasteiger partial charge is 0.456 e. The first-order valence-corrected chi connectivity index (χ1v) is 23.7. The second-order valence-corrected chi connectivity index (χ2v) is 17.9. The second-order valence-electron chi connectivity index (χ2n) is 17.9. The van der Waals surface area contributed by atoms with E-state index in [0.29, 0.717) is 17.5 Å². The van der Waals surface area contributed by atoms with Crippen LogP contribution in [0.5, 0.6) is 0 Å². The first-order chi connectivity index (χ1) is 34.7. The lowest BCUT2D eigenvalue weighted by Gasteiger charge is -2.17. The van der Waals surface area contributed by atoms with E-state index >= 15 is 0 Å². The van der Waals surface area contributed by atoms with E-state index in [2.05, 4.69) is 223 Å². The van der Waals surface area contributed by atoms with Crippen LogP contribution in [0.3, 0.4) is 0 Å². The van der Waals surface area contributed by atoms with Crippen molar-refractivity contribution in [3.05, 3.63) is 243 Å². The van der Waals surface area contributed by atoms with Crippen LogP contribution < -0.4 is 0 Å². The maximum Gasteiger partial charge on any atom is 0.164 e. The minimum Gasteiger partial charge on any atom is -0.456 e. The van der Waals surface area contributed by atoms with Gasteiger partial charge in [0.15, 0.2) is 17.5 Å². The van der Waals surface area contributed by atoms with E-state index in [-0.39, 0.29) is 0 Å². The van der Waals surface area contributed by atoms with Crippen molar-refractivity contribution in [2.24, 2.45) is 0 Å². The Bertz CT molecular complexity index is 4340. The molecule has 0 atom stereocenters. The number of furan rings is 1. The number of nitrogens with zero attached hydrogens (tertiary/aromatic N) is 4. The number of fused-ring (bicyclic) bond motifs is 9. The van der Waals surface area contributed by atoms with Crippen LogP contribution in [-0.4, -0.2) is 19.5 Å². The lowest BCUT2D eigenvalue weighted by atomic mass is 9.94. The molecule has 0 saturated carbocycles. The molecule has 0 aliphatic rings. The number of hydrogen-bond donors (Lipinski definition) is 0. The Morgan fingerprint density at radius 1 is 0.286 bits per heavy atom. The van der Waals surface area contributed by atoms with Gasteiger partial charge in [0, 0.05) is 43.8 Å². The molecule has 0 N–H and O–H groups in total. The summed E-state index contributed by atoms with van der Waals surface area (Å²) in [5, 5.41) is 9.26. The summed E-state index contributed by atoms with van der Waals surface area (Å²) in [6, 6.07) is 85.9. The number of rotatable bonds is 7. The summed E-state index contributed by atoms with van der Waals surface area (Å²) >= 11 is 0. The van der Waals surface area contributed by atoms with Crippen molar-refractivity contribution in [2.45, 2.75) is 0 Å². The Labute approximate surface area is 403 Å². The molecule has 0 unspecified atom stereocenters. The van der Waals surface area contributed by atoms with Gasteiger partial charge in [0.25, 0.3) is 0 Å². The maximum absolute atomic E-state index is 6.71. The molecule has 0 bridgehead atoms. The van der Waals surface area contributed by atoms with Crippen LogP contribution in [0.2, 0.25) is 0 Å². The van der Waals surface area contributed by atoms with Crippen molar-refractivity contribution < 1.29 is 4.42 Å². The average Bonchev–Trinajstić information content (AvgIpc) is 3.98. The molecule has 14 aromatic rings. The first kappa shape index (κ1) is 39.7. The Morgan fingerprint density at radius 2 is 0.829 bits per heavy atom. The molecule has 3 aromatic heterocycles. The molecule has 0 radical (unpaired) electrons. The monoisotopic (exact) mass is 892 g/mol. The SMILES string of the molecule is c1ccc(-c2ccc(-c3cccc(-c4nc(-c5ccccc5)nc(-c5ccc(-n6c7ccccc7c7cc8ccccc8cc76)c(-c6cccc7oc8ccc9ccccc9c8c67)c5)n4)c3)cc2)cc1. The molecule has 14 rings (SSSR count). The van der Waals surface area contributed by atoms with E-state index in [9.17, 15) is 0 Å². The summed E-state index contributed by atoms with van der Waals surface area (Å²) in [4.78, 5) is 15.8. The molecule has 0 amide bonds. The molecule has 5 nitrogen and oxygen atoms in total. The van der Waals surface area contributed by atoms with Crippen LogP contribution in [0.15, 0.2) is 247 Å². The molecule has 0 aliphatic carbocycles. The van der Waals surface area contributed by atoms with Crippen molar-refractivity contribution in [1.82, 2.24) is 19.5 Å².